The van der Waals surface area contributed by atoms with Crippen molar-refractivity contribution in [3.05, 3.63) is 30.3 Å². The van der Waals surface area contributed by atoms with Crippen molar-refractivity contribution in [1.29, 1.82) is 0 Å². The van der Waals surface area contributed by atoms with E-state index in [2.05, 4.69) is 11.8 Å². The van der Waals surface area contributed by atoms with Crippen LogP contribution in [0.2, 0.25) is 0 Å². The van der Waals surface area contributed by atoms with Crippen molar-refractivity contribution < 1.29 is 4.74 Å². The summed E-state index contributed by atoms with van der Waals surface area (Å²) in [6.45, 7) is 6.77. The Morgan fingerprint density at radius 1 is 1.19 bits per heavy atom. The molecule has 0 radical (unpaired) electrons. The highest BCUT2D eigenvalue weighted by Gasteiger charge is 2.18. The predicted octanol–water partition coefficient (Wildman–Crippen LogP) is 2.80. The second-order valence-corrected chi connectivity index (χ2v) is 4.50. The molecule has 1 fully saturated rings. The van der Waals surface area contributed by atoms with Crippen molar-refractivity contribution in [2.45, 2.75) is 19.8 Å². The van der Waals surface area contributed by atoms with E-state index in [0.29, 0.717) is 0 Å². The third kappa shape index (κ3) is 3.24. The summed E-state index contributed by atoms with van der Waals surface area (Å²) >= 11 is 0. The summed E-state index contributed by atoms with van der Waals surface area (Å²) in [6, 6.07) is 10.1. The van der Waals surface area contributed by atoms with Gasteiger partial charge in [-0.1, -0.05) is 25.1 Å². The lowest BCUT2D eigenvalue weighted by molar-refractivity contribution is 0.146. The van der Waals surface area contributed by atoms with Crippen LogP contribution in [0.15, 0.2) is 30.3 Å². The number of rotatable bonds is 4. The normalized spacial score (nSPS) is 18.6. The Morgan fingerprint density at radius 3 is 2.50 bits per heavy atom. The molecule has 1 aromatic rings. The molecule has 0 aromatic heterocycles. The molecule has 0 unspecified atom stereocenters. The molecule has 1 aromatic carbocycles. The largest absolute Gasteiger partial charge is 0.493 e. The molecule has 0 saturated carbocycles. The zero-order chi connectivity index (χ0) is 11.2. The molecule has 0 amide bonds. The van der Waals surface area contributed by atoms with E-state index in [0.717, 1.165) is 18.3 Å². The quantitative estimate of drug-likeness (QED) is 0.772. The van der Waals surface area contributed by atoms with Gasteiger partial charge in [-0.25, -0.2) is 0 Å². The lowest BCUT2D eigenvalue weighted by Crippen LogP contribution is -2.35. The van der Waals surface area contributed by atoms with Crippen molar-refractivity contribution in [2.24, 2.45) is 5.92 Å². The van der Waals surface area contributed by atoms with Crippen LogP contribution in [-0.4, -0.2) is 31.1 Å². The number of likely N-dealkylation sites (tertiary alicyclic amines) is 1. The molecule has 0 spiro atoms. The predicted molar refractivity (Wildman–Crippen MR) is 66.8 cm³/mol. The van der Waals surface area contributed by atoms with Crippen LogP contribution in [0, 0.1) is 5.92 Å². The average molecular weight is 219 g/mol. The van der Waals surface area contributed by atoms with Gasteiger partial charge in [0.15, 0.2) is 0 Å². The minimum absolute atomic E-state index is 0.739. The van der Waals surface area contributed by atoms with Gasteiger partial charge < -0.3 is 9.64 Å². The van der Waals surface area contributed by atoms with Crippen LogP contribution in [-0.2, 0) is 0 Å². The van der Waals surface area contributed by atoms with Gasteiger partial charge in [-0.2, -0.15) is 0 Å². The van der Waals surface area contributed by atoms with Crippen LogP contribution in [0.5, 0.6) is 5.75 Å². The maximum Gasteiger partial charge on any atom is 0.119 e. The number of hydrogen-bond donors (Lipinski definition) is 0. The van der Waals surface area contributed by atoms with Crippen LogP contribution in [0.25, 0.3) is 0 Å². The number of nitrogens with zero attached hydrogens (tertiary/aromatic N) is 1. The molecule has 88 valence electrons. The van der Waals surface area contributed by atoms with E-state index in [9.17, 15) is 0 Å². The van der Waals surface area contributed by atoms with E-state index in [1.165, 1.54) is 32.5 Å². The fourth-order valence-electron chi connectivity index (χ4n) is 2.20. The highest BCUT2D eigenvalue weighted by molar-refractivity contribution is 5.20. The summed E-state index contributed by atoms with van der Waals surface area (Å²) in [4.78, 5) is 2.51. The maximum absolute atomic E-state index is 5.80. The standard InChI is InChI=1S/C14H21NO/c1-2-15-10-8-13(9-11-15)12-16-14-6-4-3-5-7-14/h3-7,13H,2,8-12H2,1H3. The molecule has 1 heterocycles. The molecule has 1 aliphatic rings. The van der Waals surface area contributed by atoms with E-state index >= 15 is 0 Å². The Hall–Kier alpha value is -1.02. The number of benzene rings is 1. The number of piperidine rings is 1. The van der Waals surface area contributed by atoms with Crippen LogP contribution < -0.4 is 4.74 Å². The molecule has 0 atom stereocenters. The minimum atomic E-state index is 0.739. The Bertz CT molecular complexity index is 291. The zero-order valence-electron chi connectivity index (χ0n) is 10.1. The first-order chi connectivity index (χ1) is 7.88. The van der Waals surface area contributed by atoms with E-state index in [4.69, 9.17) is 4.74 Å². The highest BCUT2D eigenvalue weighted by Crippen LogP contribution is 2.18. The number of ether oxygens (including phenoxy) is 1. The van der Waals surface area contributed by atoms with Gasteiger partial charge in [0.2, 0.25) is 0 Å². The zero-order valence-corrected chi connectivity index (χ0v) is 10.1. The fourth-order valence-corrected chi connectivity index (χ4v) is 2.20. The molecule has 16 heavy (non-hydrogen) atoms. The summed E-state index contributed by atoms with van der Waals surface area (Å²) in [5.41, 5.74) is 0. The maximum atomic E-state index is 5.80. The molecule has 2 rings (SSSR count). The van der Waals surface area contributed by atoms with E-state index in [-0.39, 0.29) is 0 Å². The van der Waals surface area contributed by atoms with Crippen molar-refractivity contribution in [3.8, 4) is 5.75 Å². The molecule has 0 N–H and O–H groups in total. The summed E-state index contributed by atoms with van der Waals surface area (Å²) < 4.78 is 5.80. The van der Waals surface area contributed by atoms with Gasteiger partial charge in [0, 0.05) is 0 Å². The Kier molecular flexibility index (Phi) is 4.23. The highest BCUT2D eigenvalue weighted by atomic mass is 16.5. The Morgan fingerprint density at radius 2 is 1.88 bits per heavy atom. The second-order valence-electron chi connectivity index (χ2n) is 4.50. The van der Waals surface area contributed by atoms with Gasteiger partial charge in [-0.15, -0.1) is 0 Å². The monoisotopic (exact) mass is 219 g/mol. The topological polar surface area (TPSA) is 12.5 Å². The molecule has 0 aliphatic carbocycles. The van der Waals surface area contributed by atoms with Gasteiger partial charge in [0.1, 0.15) is 5.75 Å². The fraction of sp³-hybridized carbons (Fsp3) is 0.571. The lowest BCUT2D eigenvalue weighted by atomic mass is 9.98. The van der Waals surface area contributed by atoms with Crippen molar-refractivity contribution in [3.63, 3.8) is 0 Å². The van der Waals surface area contributed by atoms with Crippen molar-refractivity contribution >= 4 is 0 Å². The smallest absolute Gasteiger partial charge is 0.119 e. The molecular formula is C14H21NO. The van der Waals surface area contributed by atoms with Crippen LogP contribution in [0.1, 0.15) is 19.8 Å². The first-order valence-corrected chi connectivity index (χ1v) is 6.28. The van der Waals surface area contributed by atoms with Gasteiger partial charge in [0.25, 0.3) is 0 Å². The third-order valence-electron chi connectivity index (χ3n) is 3.38. The SMILES string of the molecule is CCN1CCC(COc2ccccc2)CC1. The molecule has 2 heteroatoms. The molecule has 2 nitrogen and oxygen atoms in total. The van der Waals surface area contributed by atoms with Gasteiger partial charge in [-0.3, -0.25) is 0 Å². The van der Waals surface area contributed by atoms with Crippen molar-refractivity contribution in [2.75, 3.05) is 26.2 Å². The average Bonchev–Trinajstić information content (AvgIpc) is 2.38. The van der Waals surface area contributed by atoms with Gasteiger partial charge >= 0.3 is 0 Å². The van der Waals surface area contributed by atoms with Crippen LogP contribution >= 0.6 is 0 Å². The van der Waals surface area contributed by atoms with Gasteiger partial charge in [0.05, 0.1) is 6.61 Å². The Labute approximate surface area is 98.2 Å². The van der Waals surface area contributed by atoms with E-state index in [1.807, 2.05) is 30.3 Å². The second kappa shape index (κ2) is 5.90. The third-order valence-corrected chi connectivity index (χ3v) is 3.38. The van der Waals surface area contributed by atoms with Crippen LogP contribution in [0.3, 0.4) is 0 Å². The van der Waals surface area contributed by atoms with Gasteiger partial charge in [-0.05, 0) is 50.5 Å². The number of hydrogen-bond acceptors (Lipinski definition) is 2. The summed E-state index contributed by atoms with van der Waals surface area (Å²) in [7, 11) is 0. The first-order valence-electron chi connectivity index (χ1n) is 6.28. The molecule has 1 saturated heterocycles. The summed E-state index contributed by atoms with van der Waals surface area (Å²) in [5.74, 6) is 1.74. The first kappa shape index (κ1) is 11.5. The number of para-hydroxylation sites is 1. The summed E-state index contributed by atoms with van der Waals surface area (Å²) in [5, 5.41) is 0. The van der Waals surface area contributed by atoms with Crippen molar-refractivity contribution in [1.82, 2.24) is 4.90 Å². The molecule has 0 bridgehead atoms. The lowest BCUT2D eigenvalue weighted by Gasteiger charge is -2.30. The Balaban J connectivity index is 1.72. The summed E-state index contributed by atoms with van der Waals surface area (Å²) in [6.07, 6.45) is 2.56. The molecular weight excluding hydrogens is 198 g/mol. The van der Waals surface area contributed by atoms with E-state index < -0.39 is 0 Å². The molecule has 1 aliphatic heterocycles. The minimum Gasteiger partial charge on any atom is -0.493 e. The van der Waals surface area contributed by atoms with Crippen LogP contribution in [0.4, 0.5) is 0 Å². The van der Waals surface area contributed by atoms with E-state index in [1.54, 1.807) is 0 Å².